The van der Waals surface area contributed by atoms with Gasteiger partial charge in [-0.2, -0.15) is 0 Å². The van der Waals surface area contributed by atoms with Gasteiger partial charge in [0.2, 0.25) is 65.0 Å². The van der Waals surface area contributed by atoms with Gasteiger partial charge in [-0.05, 0) is 95.0 Å². The van der Waals surface area contributed by atoms with Gasteiger partial charge in [-0.15, -0.1) is 0 Å². The van der Waals surface area contributed by atoms with Crippen LogP contribution in [0.1, 0.15) is 73.9 Å². The molecule has 7 aromatic rings. The van der Waals surface area contributed by atoms with Gasteiger partial charge < -0.3 is 83.8 Å². The van der Waals surface area contributed by atoms with E-state index in [1.807, 2.05) is 36.4 Å². The van der Waals surface area contributed by atoms with Crippen LogP contribution in [0.5, 0.6) is 11.5 Å². The number of nitrogens with zero attached hydrogens (tertiary/aromatic N) is 2. The lowest BCUT2D eigenvalue weighted by Crippen LogP contribution is -2.61. The van der Waals surface area contributed by atoms with E-state index in [0.29, 0.717) is 45.3 Å². The van der Waals surface area contributed by atoms with Crippen LogP contribution >= 0.6 is 0 Å². The van der Waals surface area contributed by atoms with Gasteiger partial charge in [0.05, 0.1) is 25.2 Å². The molecule has 0 radical (unpaired) electrons. The van der Waals surface area contributed by atoms with Gasteiger partial charge in [0.25, 0.3) is 0 Å². The summed E-state index contributed by atoms with van der Waals surface area (Å²) in [4.78, 5) is 166. The Hall–Kier alpha value is -11.2. The molecule has 2 aromatic heterocycles. The van der Waals surface area contributed by atoms with Gasteiger partial charge in [-0.3, -0.25) is 52.7 Å². The molecular formula is C69H80N14O14. The molecule has 2 aliphatic heterocycles. The number of hydrogen-bond donors (Lipinski definition) is 15. The van der Waals surface area contributed by atoms with E-state index >= 15 is 9.59 Å². The maximum atomic E-state index is 15.2. The molecular weight excluding hydrogens is 1250 g/mol. The number of aromatic amines is 2. The highest BCUT2D eigenvalue weighted by atomic mass is 16.3. The number of aliphatic hydroxyl groups is 1. The maximum Gasteiger partial charge on any atom is 0.246 e. The Morgan fingerprint density at radius 3 is 1.72 bits per heavy atom. The zero-order valence-corrected chi connectivity index (χ0v) is 53.5. The number of phenols is 2. The van der Waals surface area contributed by atoms with Crippen LogP contribution in [0.15, 0.2) is 134 Å². The lowest BCUT2D eigenvalue weighted by atomic mass is 9.98. The first-order chi connectivity index (χ1) is 46.6. The highest BCUT2D eigenvalue weighted by Crippen LogP contribution is 2.24. The fourth-order valence-corrected chi connectivity index (χ4v) is 11.9. The lowest BCUT2D eigenvalue weighted by Gasteiger charge is -2.31. The Morgan fingerprint density at radius 1 is 0.588 bits per heavy atom. The van der Waals surface area contributed by atoms with Gasteiger partial charge in [-0.25, -0.2) is 4.98 Å². The number of imidazole rings is 1. The molecule has 11 amide bonds. The number of nitrogens with one attached hydrogen (secondary N) is 11. The minimum Gasteiger partial charge on any atom is -0.508 e. The van der Waals surface area contributed by atoms with Crippen molar-refractivity contribution in [2.24, 2.45) is 11.7 Å². The predicted molar refractivity (Wildman–Crippen MR) is 354 cm³/mol. The highest BCUT2D eigenvalue weighted by Gasteiger charge is 2.40. The summed E-state index contributed by atoms with van der Waals surface area (Å²) in [5, 5.41) is 57.7. The van der Waals surface area contributed by atoms with Crippen molar-refractivity contribution in [2.75, 3.05) is 19.7 Å². The summed E-state index contributed by atoms with van der Waals surface area (Å²) in [5.41, 5.74) is 8.43. The first-order valence-corrected chi connectivity index (χ1v) is 32.0. The summed E-state index contributed by atoms with van der Waals surface area (Å²) in [6, 6.07) is 19.3. The molecule has 0 unspecified atom stereocenters. The van der Waals surface area contributed by atoms with E-state index < -0.39 is 127 Å². The van der Waals surface area contributed by atoms with Gasteiger partial charge in [0.15, 0.2) is 0 Å². The van der Waals surface area contributed by atoms with Gasteiger partial charge in [0, 0.05) is 68.4 Å². The molecule has 0 aliphatic carbocycles. The third kappa shape index (κ3) is 19.3. The first kappa shape index (κ1) is 70.2. The minimum atomic E-state index is -1.80. The summed E-state index contributed by atoms with van der Waals surface area (Å²) in [7, 11) is 0. The summed E-state index contributed by atoms with van der Waals surface area (Å²) >= 11 is 0. The van der Waals surface area contributed by atoms with E-state index in [-0.39, 0.29) is 87.7 Å². The number of carbonyl (C=O) groups is 11. The molecule has 0 saturated carbocycles. The van der Waals surface area contributed by atoms with E-state index in [4.69, 9.17) is 5.73 Å². The number of para-hydroxylation sites is 1. The Morgan fingerprint density at radius 2 is 1.12 bits per heavy atom. The average Bonchev–Trinajstić information content (AvgIpc) is 1.21. The highest BCUT2D eigenvalue weighted by molar-refractivity contribution is 6.00. The van der Waals surface area contributed by atoms with Crippen molar-refractivity contribution in [2.45, 2.75) is 132 Å². The number of aromatic nitrogens is 3. The number of fused-ring (bicyclic) bond motifs is 2. The normalized spacial score (nSPS) is 16.5. The number of rotatable bonds is 31. The topological polar surface area (TPSA) is 430 Å². The fraction of sp³-hybridized carbons (Fsp3) is 0.362. The molecule has 4 heterocycles. The van der Waals surface area contributed by atoms with Crippen molar-refractivity contribution in [3.8, 4) is 11.5 Å². The lowest BCUT2D eigenvalue weighted by molar-refractivity contribution is -0.142. The SMILES string of the molecule is CC(C)C[C@H](NC(=O)[C@@H](Cc1ccc2ccccc2c1)NC(=O)[C@H](Cc1ccc(O)cc1)NC(=O)[C@H](CO)NC(=O)[C@H](Cc1c[nH]c2ccccc12)NC(=O)[C@H](Cc1c[nH]cn1)NC(=O)[C@@H]1CCC(=O)N1)C(=O)N[C@@H](Cc1ccc(O)cc1)C(=O)N1CCC[C@H]1C(=O)NCC(N)=O. The van der Waals surface area contributed by atoms with E-state index in [9.17, 15) is 58.5 Å². The van der Waals surface area contributed by atoms with Crippen LogP contribution in [-0.2, 0) is 84.8 Å². The van der Waals surface area contributed by atoms with E-state index in [0.717, 1.165) is 10.8 Å². The van der Waals surface area contributed by atoms with Crippen LogP contribution in [0, 0.1) is 5.92 Å². The molecule has 9 rings (SSSR count). The number of amides is 11. The Kier molecular flexibility index (Phi) is 23.7. The molecule has 510 valence electrons. The second-order valence-corrected chi connectivity index (χ2v) is 24.7. The minimum absolute atomic E-state index is 0.0137. The van der Waals surface area contributed by atoms with Gasteiger partial charge in [-0.1, -0.05) is 98.8 Å². The fourth-order valence-electron chi connectivity index (χ4n) is 11.9. The molecule has 2 fully saturated rings. The van der Waals surface area contributed by atoms with Crippen LogP contribution in [0.4, 0.5) is 0 Å². The van der Waals surface area contributed by atoms with Crippen LogP contribution in [0.25, 0.3) is 21.7 Å². The summed E-state index contributed by atoms with van der Waals surface area (Å²) in [5.74, 6) is -8.94. The largest absolute Gasteiger partial charge is 0.508 e. The summed E-state index contributed by atoms with van der Waals surface area (Å²) < 4.78 is 0. The van der Waals surface area contributed by atoms with Crippen LogP contribution in [-0.4, -0.2) is 174 Å². The number of phenolic OH excluding ortho intramolecular Hbond substituents is 2. The number of likely N-dealkylation sites (tertiary alicyclic amines) is 1. The van der Waals surface area contributed by atoms with Crippen molar-refractivity contribution in [1.82, 2.24) is 67.7 Å². The van der Waals surface area contributed by atoms with Crippen LogP contribution < -0.4 is 53.6 Å². The Bertz CT molecular complexity index is 3990. The summed E-state index contributed by atoms with van der Waals surface area (Å²) in [6.07, 6.45) is 4.59. The van der Waals surface area contributed by atoms with Crippen molar-refractivity contribution in [3.63, 3.8) is 0 Å². The number of benzene rings is 5. The van der Waals surface area contributed by atoms with Crippen molar-refractivity contribution < 1.29 is 68.1 Å². The van der Waals surface area contributed by atoms with Crippen molar-refractivity contribution in [1.29, 1.82) is 0 Å². The molecule has 28 nitrogen and oxygen atoms in total. The average molecular weight is 1330 g/mol. The smallest absolute Gasteiger partial charge is 0.246 e. The third-order valence-corrected chi connectivity index (χ3v) is 17.0. The standard InChI is InChI=1S/C69H80N14O14/c1-38(2)26-51(62(90)81-56(29-40-16-21-47(86)22-17-40)69(97)83-25-7-12-58(83)68(96)73-35-59(70)87)76-64(92)53(30-41-13-18-42-8-3-4-9-43(42)27-41)77-63(91)52(28-39-14-19-46(85)20-15-39)78-67(95)57(36-84)82-65(93)54(31-44-33-72-49-11-6-5-10-48(44)49)79-66(94)55(32-45-34-71-37-74-45)80-61(89)50-23-24-60(88)75-50/h3-6,8-11,13-22,27,33-34,37-38,50-58,72,84-86H,7,12,23-26,28-32,35-36H2,1-2H3,(H2,70,87)(H,71,74)(H,73,96)(H,75,88)(H,76,92)(H,77,91)(H,78,95)(H,79,94)(H,80,89)(H,81,90)(H,82,93)/t50-,51-,52-,53+,54-,55-,56-,57-,58-/m0/s1. The number of nitrogens with two attached hydrogens (primary N) is 1. The van der Waals surface area contributed by atoms with E-state index in [1.165, 1.54) is 53.8 Å². The molecule has 2 saturated heterocycles. The molecule has 5 aromatic carbocycles. The zero-order valence-electron chi connectivity index (χ0n) is 53.5. The number of hydrogen-bond acceptors (Lipinski definition) is 15. The molecule has 0 spiro atoms. The predicted octanol–water partition coefficient (Wildman–Crippen LogP) is 0.272. The molecule has 28 heteroatoms. The number of aliphatic hydroxyl groups excluding tert-OH is 1. The quantitative estimate of drug-likeness (QED) is 0.0277. The van der Waals surface area contributed by atoms with Crippen LogP contribution in [0.3, 0.4) is 0 Å². The first-order valence-electron chi connectivity index (χ1n) is 32.0. The molecule has 2 aliphatic rings. The van der Waals surface area contributed by atoms with Gasteiger partial charge >= 0.3 is 0 Å². The van der Waals surface area contributed by atoms with E-state index in [2.05, 4.69) is 62.8 Å². The van der Waals surface area contributed by atoms with Crippen molar-refractivity contribution in [3.05, 3.63) is 162 Å². The second-order valence-electron chi connectivity index (χ2n) is 24.7. The monoisotopic (exact) mass is 1330 g/mol. The van der Waals surface area contributed by atoms with Gasteiger partial charge in [0.1, 0.15) is 65.9 Å². The van der Waals surface area contributed by atoms with Crippen molar-refractivity contribution >= 4 is 86.7 Å². The molecule has 97 heavy (non-hydrogen) atoms. The number of carbonyl (C=O) groups excluding carboxylic acids is 11. The molecule has 9 atom stereocenters. The number of primary amides is 1. The Balaban J connectivity index is 0.979. The Labute approximate surface area is 557 Å². The van der Waals surface area contributed by atoms with E-state index in [1.54, 1.807) is 62.5 Å². The maximum absolute atomic E-state index is 15.2. The molecule has 16 N–H and O–H groups in total. The third-order valence-electron chi connectivity index (χ3n) is 17.0. The van der Waals surface area contributed by atoms with Crippen LogP contribution in [0.2, 0.25) is 0 Å². The summed E-state index contributed by atoms with van der Waals surface area (Å²) in [6.45, 7) is 2.24. The number of H-pyrrole nitrogens is 2. The zero-order chi connectivity index (χ0) is 69.3. The molecule has 0 bridgehead atoms. The second kappa shape index (κ2) is 32.8. The number of aromatic hydroxyl groups is 2.